The molecule has 1 aliphatic heterocycles. The molecular weight excluding hydrogens is 442 g/mol. The molecule has 8 heteroatoms. The smallest absolute Gasteiger partial charge is 0.263 e. The second-order valence-electron chi connectivity index (χ2n) is 8.45. The van der Waals surface area contributed by atoms with E-state index < -0.39 is 0 Å². The molecule has 1 N–H and O–H groups in total. The molecule has 2 aromatic heterocycles. The molecule has 1 aromatic carbocycles. The Kier molecular flexibility index (Phi) is 6.35. The molecule has 2 atom stereocenters. The fourth-order valence-corrected chi connectivity index (χ4v) is 6.69. The van der Waals surface area contributed by atoms with Gasteiger partial charge in [-0.15, -0.1) is 11.3 Å². The molecule has 0 saturated carbocycles. The average molecular weight is 470 g/mol. The van der Waals surface area contributed by atoms with Crippen molar-refractivity contribution in [3.63, 3.8) is 0 Å². The Hall–Kier alpha value is -2.16. The van der Waals surface area contributed by atoms with Crippen molar-refractivity contribution in [3.8, 4) is 0 Å². The first-order chi connectivity index (χ1) is 15.6. The van der Waals surface area contributed by atoms with Crippen LogP contribution in [-0.4, -0.2) is 33.4 Å². The average Bonchev–Trinajstić information content (AvgIpc) is 3.53. The molecule has 2 aliphatic rings. The SMILES string of the molecule is C[C@@H](Sc1nc2sc3c(c2c(=O)n1C[C@H]1CCCO1)CCC3)C(=O)NCc1ccccc1. The van der Waals surface area contributed by atoms with Crippen LogP contribution in [0.3, 0.4) is 0 Å². The number of thiophene rings is 1. The van der Waals surface area contributed by atoms with E-state index in [1.807, 2.05) is 37.3 Å². The largest absolute Gasteiger partial charge is 0.376 e. The van der Waals surface area contributed by atoms with Gasteiger partial charge < -0.3 is 10.1 Å². The Labute approximate surface area is 195 Å². The first-order valence-corrected chi connectivity index (χ1v) is 12.9. The number of aryl methyl sites for hydroxylation is 2. The monoisotopic (exact) mass is 469 g/mol. The summed E-state index contributed by atoms with van der Waals surface area (Å²) in [5, 5.41) is 4.02. The van der Waals surface area contributed by atoms with Crippen LogP contribution in [0.1, 0.15) is 42.2 Å². The van der Waals surface area contributed by atoms with Crippen molar-refractivity contribution in [2.75, 3.05) is 6.61 Å². The molecule has 32 heavy (non-hydrogen) atoms. The van der Waals surface area contributed by atoms with E-state index in [1.54, 1.807) is 15.9 Å². The Balaban J connectivity index is 1.41. The third kappa shape index (κ3) is 4.36. The van der Waals surface area contributed by atoms with Gasteiger partial charge in [-0.25, -0.2) is 4.98 Å². The van der Waals surface area contributed by atoms with Gasteiger partial charge in [0, 0.05) is 18.0 Å². The lowest BCUT2D eigenvalue weighted by Gasteiger charge is -2.18. The van der Waals surface area contributed by atoms with Crippen molar-refractivity contribution in [2.45, 2.75) is 68.6 Å². The van der Waals surface area contributed by atoms with Gasteiger partial charge in [0.15, 0.2) is 5.16 Å². The second-order valence-corrected chi connectivity index (χ2v) is 10.8. The van der Waals surface area contributed by atoms with E-state index in [1.165, 1.54) is 22.2 Å². The Morgan fingerprint density at radius 2 is 2.16 bits per heavy atom. The standard InChI is InChI=1S/C24H27N3O3S2/c1-15(21(28)25-13-16-7-3-2-4-8-16)31-24-26-22-20(18-10-5-11-19(18)32-22)23(29)27(24)14-17-9-6-12-30-17/h2-4,7-8,15,17H,5-6,9-14H2,1H3,(H,25,28)/t15-,17-/m1/s1. The van der Waals surface area contributed by atoms with Gasteiger partial charge in [-0.05, 0) is 50.2 Å². The molecule has 3 aromatic rings. The van der Waals surface area contributed by atoms with Gasteiger partial charge in [0.05, 0.1) is 23.3 Å². The van der Waals surface area contributed by atoms with Gasteiger partial charge >= 0.3 is 0 Å². The third-order valence-corrected chi connectivity index (χ3v) is 8.44. The van der Waals surface area contributed by atoms with Gasteiger partial charge in [0.1, 0.15) is 4.83 Å². The highest BCUT2D eigenvalue weighted by Crippen LogP contribution is 2.36. The molecule has 3 heterocycles. The molecule has 0 spiro atoms. The Morgan fingerprint density at radius 1 is 1.31 bits per heavy atom. The van der Waals surface area contributed by atoms with Crippen molar-refractivity contribution in [1.82, 2.24) is 14.9 Å². The zero-order valence-corrected chi connectivity index (χ0v) is 19.8. The summed E-state index contributed by atoms with van der Waals surface area (Å²) in [6, 6.07) is 9.85. The van der Waals surface area contributed by atoms with Crippen molar-refractivity contribution >= 4 is 39.2 Å². The highest BCUT2D eigenvalue weighted by atomic mass is 32.2. The summed E-state index contributed by atoms with van der Waals surface area (Å²) in [5.74, 6) is -0.0643. The van der Waals surface area contributed by atoms with E-state index in [-0.39, 0.29) is 22.8 Å². The molecule has 1 fully saturated rings. The van der Waals surface area contributed by atoms with Crippen molar-refractivity contribution in [2.24, 2.45) is 0 Å². The number of carbonyl (C=O) groups excluding carboxylic acids is 1. The lowest BCUT2D eigenvalue weighted by atomic mass is 10.2. The molecule has 0 radical (unpaired) electrons. The summed E-state index contributed by atoms with van der Waals surface area (Å²) >= 11 is 3.00. The normalized spacial score (nSPS) is 18.7. The van der Waals surface area contributed by atoms with Crippen LogP contribution in [0.15, 0.2) is 40.3 Å². The van der Waals surface area contributed by atoms with Gasteiger partial charge in [-0.1, -0.05) is 42.1 Å². The molecule has 0 unspecified atom stereocenters. The van der Waals surface area contributed by atoms with Crippen LogP contribution in [0, 0.1) is 0 Å². The molecular formula is C24H27N3O3S2. The predicted octanol–water partition coefficient (Wildman–Crippen LogP) is 3.92. The maximum atomic E-state index is 13.6. The van der Waals surface area contributed by atoms with Gasteiger partial charge in [0.2, 0.25) is 5.91 Å². The van der Waals surface area contributed by atoms with Crippen LogP contribution in [0.25, 0.3) is 10.2 Å². The molecule has 0 bridgehead atoms. The number of nitrogens with zero attached hydrogens (tertiary/aromatic N) is 2. The number of hydrogen-bond donors (Lipinski definition) is 1. The number of rotatable bonds is 7. The van der Waals surface area contributed by atoms with Gasteiger partial charge in [-0.3, -0.25) is 14.2 Å². The molecule has 1 saturated heterocycles. The van der Waals surface area contributed by atoms with Crippen LogP contribution in [0.4, 0.5) is 0 Å². The van der Waals surface area contributed by atoms with Crippen LogP contribution in [-0.2, 0) is 35.5 Å². The van der Waals surface area contributed by atoms with E-state index in [2.05, 4.69) is 5.32 Å². The van der Waals surface area contributed by atoms with E-state index >= 15 is 0 Å². The molecule has 1 amide bonds. The number of aromatic nitrogens is 2. The van der Waals surface area contributed by atoms with Gasteiger partial charge in [-0.2, -0.15) is 0 Å². The zero-order chi connectivity index (χ0) is 22.1. The minimum Gasteiger partial charge on any atom is -0.376 e. The number of benzene rings is 1. The topological polar surface area (TPSA) is 73.2 Å². The Morgan fingerprint density at radius 3 is 2.94 bits per heavy atom. The van der Waals surface area contributed by atoms with E-state index in [9.17, 15) is 9.59 Å². The van der Waals surface area contributed by atoms with Crippen LogP contribution in [0.5, 0.6) is 0 Å². The highest BCUT2D eigenvalue weighted by molar-refractivity contribution is 8.00. The highest BCUT2D eigenvalue weighted by Gasteiger charge is 2.27. The summed E-state index contributed by atoms with van der Waals surface area (Å²) in [6.07, 6.45) is 5.09. The maximum Gasteiger partial charge on any atom is 0.263 e. The summed E-state index contributed by atoms with van der Waals surface area (Å²) in [4.78, 5) is 33.3. The lowest BCUT2D eigenvalue weighted by Crippen LogP contribution is -2.33. The number of hydrogen-bond acceptors (Lipinski definition) is 6. The predicted molar refractivity (Wildman–Crippen MR) is 128 cm³/mol. The van der Waals surface area contributed by atoms with Crippen LogP contribution < -0.4 is 10.9 Å². The molecule has 6 nitrogen and oxygen atoms in total. The lowest BCUT2D eigenvalue weighted by molar-refractivity contribution is -0.120. The Bertz CT molecular complexity index is 1180. The summed E-state index contributed by atoms with van der Waals surface area (Å²) in [7, 11) is 0. The van der Waals surface area contributed by atoms with Crippen LogP contribution >= 0.6 is 23.1 Å². The summed E-state index contributed by atoms with van der Waals surface area (Å²) in [6.45, 7) is 3.58. The quantitative estimate of drug-likeness (QED) is 0.419. The number of thioether (sulfide) groups is 1. The summed E-state index contributed by atoms with van der Waals surface area (Å²) < 4.78 is 7.58. The zero-order valence-electron chi connectivity index (χ0n) is 18.1. The fraction of sp³-hybridized carbons (Fsp3) is 0.458. The van der Waals surface area contributed by atoms with E-state index in [0.717, 1.165) is 54.5 Å². The van der Waals surface area contributed by atoms with Crippen LogP contribution in [0.2, 0.25) is 0 Å². The number of amides is 1. The first-order valence-electron chi connectivity index (χ1n) is 11.2. The summed E-state index contributed by atoms with van der Waals surface area (Å²) in [5.41, 5.74) is 2.26. The minimum absolute atomic E-state index is 0.0179. The first kappa shape index (κ1) is 21.7. The third-order valence-electron chi connectivity index (χ3n) is 6.16. The fourth-order valence-electron chi connectivity index (χ4n) is 4.44. The molecule has 5 rings (SSSR count). The van der Waals surface area contributed by atoms with Crippen molar-refractivity contribution in [3.05, 3.63) is 56.7 Å². The van der Waals surface area contributed by atoms with Gasteiger partial charge in [0.25, 0.3) is 5.56 Å². The van der Waals surface area contributed by atoms with E-state index in [4.69, 9.17) is 9.72 Å². The molecule has 168 valence electrons. The second kappa shape index (κ2) is 9.37. The number of nitrogens with one attached hydrogen (secondary N) is 1. The number of ether oxygens (including phenoxy) is 1. The number of fused-ring (bicyclic) bond motifs is 3. The maximum absolute atomic E-state index is 13.6. The number of carbonyl (C=O) groups is 1. The van der Waals surface area contributed by atoms with Crippen molar-refractivity contribution in [1.29, 1.82) is 0 Å². The molecule has 1 aliphatic carbocycles. The minimum atomic E-state index is -0.370. The van der Waals surface area contributed by atoms with E-state index in [0.29, 0.717) is 18.2 Å². The van der Waals surface area contributed by atoms with Crippen molar-refractivity contribution < 1.29 is 9.53 Å².